The number of hydrogen-bond donors (Lipinski definition) is 2. The summed E-state index contributed by atoms with van der Waals surface area (Å²) in [5.41, 5.74) is 9.83. The van der Waals surface area contributed by atoms with Crippen molar-refractivity contribution in [2.75, 3.05) is 26.0 Å². The number of rotatable bonds is 7. The highest BCUT2D eigenvalue weighted by atomic mass is 16.5. The van der Waals surface area contributed by atoms with E-state index in [2.05, 4.69) is 24.4 Å². The van der Waals surface area contributed by atoms with E-state index in [9.17, 15) is 0 Å². The molecule has 1 fully saturated rings. The molecule has 3 nitrogen and oxygen atoms in total. The molecule has 1 aromatic rings. The zero-order chi connectivity index (χ0) is 13.0. The predicted octanol–water partition coefficient (Wildman–Crippen LogP) is 2.48. The van der Waals surface area contributed by atoms with Gasteiger partial charge in [0.25, 0.3) is 0 Å². The van der Waals surface area contributed by atoms with E-state index >= 15 is 0 Å². The molecule has 3 heteroatoms. The molecule has 0 amide bonds. The van der Waals surface area contributed by atoms with E-state index in [1.165, 1.54) is 30.4 Å². The first-order chi connectivity index (χ1) is 8.65. The molecule has 0 aromatic heterocycles. The van der Waals surface area contributed by atoms with Crippen molar-refractivity contribution in [1.29, 1.82) is 0 Å². The average Bonchev–Trinajstić information content (AvgIpc) is 3.12. The van der Waals surface area contributed by atoms with Gasteiger partial charge in [-0.05, 0) is 43.2 Å². The van der Waals surface area contributed by atoms with Gasteiger partial charge in [0.2, 0.25) is 0 Å². The van der Waals surface area contributed by atoms with Crippen molar-refractivity contribution in [2.45, 2.75) is 32.7 Å². The van der Waals surface area contributed by atoms with E-state index in [1.807, 2.05) is 6.07 Å². The lowest BCUT2D eigenvalue weighted by Gasteiger charge is -2.16. The van der Waals surface area contributed by atoms with Crippen LogP contribution in [0.1, 0.15) is 30.4 Å². The van der Waals surface area contributed by atoms with Crippen LogP contribution in [0.5, 0.6) is 0 Å². The van der Waals surface area contributed by atoms with Gasteiger partial charge in [0, 0.05) is 32.5 Å². The monoisotopic (exact) mass is 248 g/mol. The average molecular weight is 248 g/mol. The molecule has 1 aliphatic carbocycles. The Balaban J connectivity index is 1.80. The van der Waals surface area contributed by atoms with Crippen LogP contribution in [0.15, 0.2) is 18.2 Å². The predicted molar refractivity (Wildman–Crippen MR) is 75.5 cm³/mol. The van der Waals surface area contributed by atoms with E-state index in [4.69, 9.17) is 10.5 Å². The largest absolute Gasteiger partial charge is 0.398 e. The Morgan fingerprint density at radius 1 is 1.39 bits per heavy atom. The second-order valence-electron chi connectivity index (χ2n) is 5.55. The molecule has 1 saturated carbocycles. The van der Waals surface area contributed by atoms with Crippen LogP contribution in [0.4, 0.5) is 5.69 Å². The maximum absolute atomic E-state index is 5.98. The fraction of sp³-hybridized carbons (Fsp3) is 0.600. The molecular formula is C15H24N2O. The summed E-state index contributed by atoms with van der Waals surface area (Å²) in [6.45, 7) is 4.91. The second-order valence-corrected chi connectivity index (χ2v) is 5.55. The summed E-state index contributed by atoms with van der Waals surface area (Å²) in [6.07, 6.45) is 3.82. The Morgan fingerprint density at radius 2 is 2.17 bits per heavy atom. The molecule has 0 atom stereocenters. The highest BCUT2D eigenvalue weighted by Crippen LogP contribution is 2.48. The summed E-state index contributed by atoms with van der Waals surface area (Å²) < 4.78 is 5.17. The highest BCUT2D eigenvalue weighted by molar-refractivity contribution is 5.48. The number of nitrogens with one attached hydrogen (secondary N) is 1. The third-order valence-electron chi connectivity index (χ3n) is 3.91. The first-order valence-electron chi connectivity index (χ1n) is 6.70. The van der Waals surface area contributed by atoms with Crippen molar-refractivity contribution in [3.05, 3.63) is 29.3 Å². The van der Waals surface area contributed by atoms with Gasteiger partial charge < -0.3 is 15.8 Å². The molecular weight excluding hydrogens is 224 g/mol. The minimum Gasteiger partial charge on any atom is -0.398 e. The van der Waals surface area contributed by atoms with Crippen LogP contribution in [-0.2, 0) is 11.3 Å². The molecule has 3 N–H and O–H groups in total. The maximum atomic E-state index is 5.98. The van der Waals surface area contributed by atoms with Crippen molar-refractivity contribution in [3.8, 4) is 0 Å². The molecule has 0 saturated heterocycles. The molecule has 18 heavy (non-hydrogen) atoms. The molecule has 1 aromatic carbocycles. The molecule has 100 valence electrons. The van der Waals surface area contributed by atoms with Gasteiger partial charge in [0.15, 0.2) is 0 Å². The van der Waals surface area contributed by atoms with Crippen LogP contribution in [-0.4, -0.2) is 20.3 Å². The summed E-state index contributed by atoms with van der Waals surface area (Å²) in [6, 6.07) is 6.21. The van der Waals surface area contributed by atoms with Gasteiger partial charge in [-0.25, -0.2) is 0 Å². The third kappa shape index (κ3) is 3.47. The Kier molecular flexibility index (Phi) is 4.25. The molecule has 2 rings (SSSR count). The van der Waals surface area contributed by atoms with Gasteiger partial charge in [0.1, 0.15) is 0 Å². The lowest BCUT2D eigenvalue weighted by atomic mass is 10.0. The van der Waals surface area contributed by atoms with E-state index < -0.39 is 0 Å². The molecule has 0 aliphatic heterocycles. The van der Waals surface area contributed by atoms with Gasteiger partial charge in [-0.2, -0.15) is 0 Å². The fourth-order valence-corrected chi connectivity index (χ4v) is 2.36. The molecule has 0 unspecified atom stereocenters. The number of hydrogen-bond acceptors (Lipinski definition) is 3. The maximum Gasteiger partial charge on any atom is 0.0468 e. The van der Waals surface area contributed by atoms with Gasteiger partial charge in [0.05, 0.1) is 0 Å². The zero-order valence-corrected chi connectivity index (χ0v) is 11.5. The number of nitrogens with two attached hydrogens (primary N) is 1. The fourth-order valence-electron chi connectivity index (χ4n) is 2.36. The van der Waals surface area contributed by atoms with E-state index in [1.54, 1.807) is 7.11 Å². The van der Waals surface area contributed by atoms with Crippen molar-refractivity contribution >= 4 is 5.69 Å². The minimum absolute atomic E-state index is 0.495. The van der Waals surface area contributed by atoms with Crippen LogP contribution in [0.3, 0.4) is 0 Å². The third-order valence-corrected chi connectivity index (χ3v) is 3.91. The van der Waals surface area contributed by atoms with E-state index in [0.717, 1.165) is 25.4 Å². The Hall–Kier alpha value is -1.06. The number of benzene rings is 1. The normalized spacial score (nSPS) is 16.8. The van der Waals surface area contributed by atoms with Crippen LogP contribution in [0.2, 0.25) is 0 Å². The summed E-state index contributed by atoms with van der Waals surface area (Å²) in [4.78, 5) is 0. The Morgan fingerprint density at radius 3 is 2.83 bits per heavy atom. The first-order valence-corrected chi connectivity index (χ1v) is 6.70. The molecule has 1 aliphatic rings. The van der Waals surface area contributed by atoms with Gasteiger partial charge in [-0.15, -0.1) is 0 Å². The number of aryl methyl sites for hydroxylation is 1. The van der Waals surface area contributed by atoms with E-state index in [-0.39, 0.29) is 0 Å². The number of anilines is 1. The summed E-state index contributed by atoms with van der Waals surface area (Å²) in [7, 11) is 1.77. The van der Waals surface area contributed by atoms with E-state index in [0.29, 0.717) is 5.41 Å². The van der Waals surface area contributed by atoms with Crippen LogP contribution in [0.25, 0.3) is 0 Å². The quantitative estimate of drug-likeness (QED) is 0.729. The smallest absolute Gasteiger partial charge is 0.0468 e. The number of methoxy groups -OCH3 is 1. The van der Waals surface area contributed by atoms with Gasteiger partial charge in [-0.1, -0.05) is 17.7 Å². The van der Waals surface area contributed by atoms with Crippen LogP contribution >= 0.6 is 0 Å². The molecule has 0 bridgehead atoms. The van der Waals surface area contributed by atoms with Crippen molar-refractivity contribution < 1.29 is 4.74 Å². The van der Waals surface area contributed by atoms with Crippen LogP contribution in [0, 0.1) is 12.3 Å². The lowest BCUT2D eigenvalue weighted by Crippen LogP contribution is -2.25. The zero-order valence-electron chi connectivity index (χ0n) is 11.5. The summed E-state index contributed by atoms with van der Waals surface area (Å²) in [5.74, 6) is 0. The second kappa shape index (κ2) is 5.72. The topological polar surface area (TPSA) is 47.3 Å². The molecule has 0 spiro atoms. The van der Waals surface area contributed by atoms with Crippen LogP contribution < -0.4 is 11.1 Å². The summed E-state index contributed by atoms with van der Waals surface area (Å²) in [5, 5.41) is 3.55. The lowest BCUT2D eigenvalue weighted by molar-refractivity contribution is 0.171. The van der Waals surface area contributed by atoms with Gasteiger partial charge in [-0.3, -0.25) is 0 Å². The van der Waals surface area contributed by atoms with Crippen molar-refractivity contribution in [1.82, 2.24) is 5.32 Å². The van der Waals surface area contributed by atoms with Crippen molar-refractivity contribution in [3.63, 3.8) is 0 Å². The SMILES string of the molecule is COCCC1(CNCc2cc(C)ccc2N)CC1. The first kappa shape index (κ1) is 13.4. The molecule has 0 heterocycles. The standard InChI is InChI=1S/C15H24N2O/c1-12-3-4-14(16)13(9-12)10-17-11-15(5-6-15)7-8-18-2/h3-4,9,17H,5-8,10-11,16H2,1-2H3. The number of ether oxygens (including phenoxy) is 1. The Bertz CT molecular complexity index is 399. The number of nitrogen functional groups attached to an aromatic ring is 1. The van der Waals surface area contributed by atoms with Gasteiger partial charge >= 0.3 is 0 Å². The van der Waals surface area contributed by atoms with Crippen molar-refractivity contribution in [2.24, 2.45) is 5.41 Å². The summed E-state index contributed by atoms with van der Waals surface area (Å²) >= 11 is 0. The molecule has 0 radical (unpaired) electrons. The minimum atomic E-state index is 0.495. The highest BCUT2D eigenvalue weighted by Gasteiger charge is 2.41. The Labute approximate surface area is 110 Å².